The molecule has 41 heavy (non-hydrogen) atoms. The van der Waals surface area contributed by atoms with Gasteiger partial charge in [-0.2, -0.15) is 5.10 Å². The van der Waals surface area contributed by atoms with Crippen LogP contribution in [0.2, 0.25) is 10.0 Å². The Bertz CT molecular complexity index is 1500. The Hall–Kier alpha value is -3.75. The van der Waals surface area contributed by atoms with Crippen LogP contribution in [0.4, 0.5) is 5.69 Å². The van der Waals surface area contributed by atoms with Crippen molar-refractivity contribution in [3.8, 4) is 23.0 Å². The Labute approximate surface area is 258 Å². The molecule has 11 nitrogen and oxygen atoms in total. The average molecular weight is 713 g/mol. The summed E-state index contributed by atoms with van der Waals surface area (Å²) in [6.07, 6.45) is 1.35. The number of hydrazone groups is 1. The van der Waals surface area contributed by atoms with Crippen LogP contribution in [0.3, 0.4) is 0 Å². The average Bonchev–Trinajstić information content (AvgIpc) is 3.41. The molecule has 0 bridgehead atoms. The van der Waals surface area contributed by atoms with Crippen molar-refractivity contribution in [3.05, 3.63) is 73.3 Å². The van der Waals surface area contributed by atoms with E-state index in [1.807, 2.05) is 22.6 Å². The van der Waals surface area contributed by atoms with Gasteiger partial charge < -0.3 is 29.6 Å². The van der Waals surface area contributed by atoms with Crippen molar-refractivity contribution >= 4 is 75.4 Å². The van der Waals surface area contributed by atoms with Gasteiger partial charge in [-0.15, -0.1) is 0 Å². The van der Waals surface area contributed by atoms with E-state index < -0.39 is 17.7 Å². The van der Waals surface area contributed by atoms with Crippen molar-refractivity contribution in [2.75, 3.05) is 25.3 Å². The van der Waals surface area contributed by atoms with Crippen LogP contribution < -0.4 is 35.0 Å². The molecule has 0 fully saturated rings. The summed E-state index contributed by atoms with van der Waals surface area (Å²) in [5.41, 5.74) is 3.90. The third kappa shape index (κ3) is 8.38. The van der Waals surface area contributed by atoms with Gasteiger partial charge in [0.1, 0.15) is 0 Å². The molecule has 3 aromatic rings. The van der Waals surface area contributed by atoms with Crippen molar-refractivity contribution in [2.24, 2.45) is 5.10 Å². The Morgan fingerprint density at radius 1 is 1.02 bits per heavy atom. The van der Waals surface area contributed by atoms with E-state index in [1.54, 1.807) is 49.4 Å². The molecule has 0 atom stereocenters. The van der Waals surface area contributed by atoms with Crippen LogP contribution >= 0.6 is 45.8 Å². The Balaban J connectivity index is 1.31. The first-order chi connectivity index (χ1) is 19.7. The maximum atomic E-state index is 12.4. The summed E-state index contributed by atoms with van der Waals surface area (Å²) in [6, 6.07) is 13.3. The Kier molecular flexibility index (Phi) is 10.5. The lowest BCUT2D eigenvalue weighted by atomic mass is 10.2. The van der Waals surface area contributed by atoms with Crippen LogP contribution in [-0.4, -0.2) is 43.9 Å². The second-order valence-corrected chi connectivity index (χ2v) is 10.3. The third-order valence-electron chi connectivity index (χ3n) is 5.36. The quantitative estimate of drug-likeness (QED) is 0.122. The minimum absolute atomic E-state index is 0.120. The summed E-state index contributed by atoms with van der Waals surface area (Å²) in [4.78, 5) is 36.8. The van der Waals surface area contributed by atoms with E-state index in [9.17, 15) is 14.4 Å². The normalized spacial score (nSPS) is 11.7. The fraction of sp³-hybridized carbons (Fsp3) is 0.185. The number of nitrogens with one attached hydrogen (secondary N) is 3. The monoisotopic (exact) mass is 712 g/mol. The summed E-state index contributed by atoms with van der Waals surface area (Å²) in [7, 11) is 0. The molecule has 3 amide bonds. The van der Waals surface area contributed by atoms with Crippen LogP contribution in [0.15, 0.2) is 53.6 Å². The molecule has 0 spiro atoms. The zero-order valence-electron chi connectivity index (χ0n) is 21.5. The summed E-state index contributed by atoms with van der Waals surface area (Å²) in [5, 5.41) is 9.80. The SMILES string of the molecule is CCOc1cc(/C=N\NC(=O)C(=O)NCc2ccc3c(c2)OCO3)cc(I)c1OCC(=O)Nc1ccc(Cl)cc1Cl. The molecule has 0 radical (unpaired) electrons. The highest BCUT2D eigenvalue weighted by molar-refractivity contribution is 14.1. The zero-order chi connectivity index (χ0) is 29.4. The molecule has 3 aromatic carbocycles. The molecule has 0 unspecified atom stereocenters. The number of anilines is 1. The minimum atomic E-state index is -0.937. The van der Waals surface area contributed by atoms with Crippen LogP contribution in [0.25, 0.3) is 0 Å². The number of amides is 3. The minimum Gasteiger partial charge on any atom is -0.490 e. The molecule has 1 aliphatic heterocycles. The molecule has 1 heterocycles. The van der Waals surface area contributed by atoms with Crippen LogP contribution in [0.5, 0.6) is 23.0 Å². The fourth-order valence-electron chi connectivity index (χ4n) is 3.51. The lowest BCUT2D eigenvalue weighted by Gasteiger charge is -2.15. The second kappa shape index (κ2) is 14.2. The molecular formula is C27H23Cl2IN4O7. The maximum Gasteiger partial charge on any atom is 0.329 e. The maximum absolute atomic E-state index is 12.4. The van der Waals surface area contributed by atoms with Gasteiger partial charge in [-0.05, 0) is 83.1 Å². The number of hydrogen-bond donors (Lipinski definition) is 3. The predicted molar refractivity (Wildman–Crippen MR) is 161 cm³/mol. The predicted octanol–water partition coefficient (Wildman–Crippen LogP) is 4.51. The number of hydrogen-bond acceptors (Lipinski definition) is 8. The van der Waals surface area contributed by atoms with Crippen LogP contribution in [0.1, 0.15) is 18.1 Å². The molecule has 0 aliphatic carbocycles. The van der Waals surface area contributed by atoms with Gasteiger partial charge in [0.25, 0.3) is 5.91 Å². The first-order valence-electron chi connectivity index (χ1n) is 12.1. The fourth-order valence-corrected chi connectivity index (χ4v) is 4.75. The topological polar surface area (TPSA) is 137 Å². The van der Waals surface area contributed by atoms with E-state index in [1.165, 1.54) is 12.3 Å². The van der Waals surface area contributed by atoms with Crippen molar-refractivity contribution in [1.82, 2.24) is 10.7 Å². The van der Waals surface area contributed by atoms with Crippen molar-refractivity contribution < 1.29 is 33.3 Å². The lowest BCUT2D eigenvalue weighted by Crippen LogP contribution is -2.37. The van der Waals surface area contributed by atoms with Gasteiger partial charge in [0.2, 0.25) is 6.79 Å². The number of fused-ring (bicyclic) bond motifs is 1. The van der Waals surface area contributed by atoms with E-state index in [-0.39, 0.29) is 19.9 Å². The van der Waals surface area contributed by atoms with E-state index >= 15 is 0 Å². The highest BCUT2D eigenvalue weighted by Gasteiger charge is 2.17. The zero-order valence-corrected chi connectivity index (χ0v) is 25.1. The molecule has 214 valence electrons. The first kappa shape index (κ1) is 30.2. The first-order valence-corrected chi connectivity index (χ1v) is 13.9. The molecule has 1 aliphatic rings. The lowest BCUT2D eigenvalue weighted by molar-refractivity contribution is -0.139. The van der Waals surface area contributed by atoms with Gasteiger partial charge in [-0.25, -0.2) is 5.43 Å². The molecule has 3 N–H and O–H groups in total. The number of nitrogens with zero attached hydrogens (tertiary/aromatic N) is 1. The summed E-state index contributed by atoms with van der Waals surface area (Å²) < 4.78 is 22.6. The van der Waals surface area contributed by atoms with Gasteiger partial charge in [-0.3, -0.25) is 14.4 Å². The van der Waals surface area contributed by atoms with Crippen molar-refractivity contribution in [1.29, 1.82) is 0 Å². The van der Waals surface area contributed by atoms with Gasteiger partial charge in [0.15, 0.2) is 29.6 Å². The standard InChI is InChI=1S/C27H23Cl2IN4O7/c1-2-38-23-9-16(7-19(30)25(23)39-13-24(35)33-20-5-4-17(28)10-18(20)29)12-32-34-27(37)26(36)31-11-15-3-6-21-22(8-15)41-14-40-21/h3-10,12H,2,11,13-14H2,1H3,(H,31,36)(H,33,35)(H,34,37)/b32-12-. The van der Waals surface area contributed by atoms with Crippen molar-refractivity contribution in [2.45, 2.75) is 13.5 Å². The number of ether oxygens (including phenoxy) is 4. The molecule has 4 rings (SSSR count). The van der Waals surface area contributed by atoms with Gasteiger partial charge >= 0.3 is 11.8 Å². The number of benzene rings is 3. The largest absolute Gasteiger partial charge is 0.490 e. The Morgan fingerprint density at radius 3 is 2.61 bits per heavy atom. The summed E-state index contributed by atoms with van der Waals surface area (Å²) >= 11 is 14.0. The third-order valence-corrected chi connectivity index (χ3v) is 6.71. The molecule has 0 saturated carbocycles. The van der Waals surface area contributed by atoms with E-state index in [0.29, 0.717) is 54.5 Å². The van der Waals surface area contributed by atoms with E-state index in [4.69, 9.17) is 42.1 Å². The molecule has 0 aromatic heterocycles. The Morgan fingerprint density at radius 2 is 1.83 bits per heavy atom. The molecule has 14 heteroatoms. The number of halogens is 3. The highest BCUT2D eigenvalue weighted by atomic mass is 127. The number of carbonyl (C=O) groups excluding carboxylic acids is 3. The number of rotatable bonds is 10. The highest BCUT2D eigenvalue weighted by Crippen LogP contribution is 2.34. The van der Waals surface area contributed by atoms with Crippen LogP contribution in [0, 0.1) is 3.57 Å². The van der Waals surface area contributed by atoms with Gasteiger partial charge in [0, 0.05) is 11.6 Å². The van der Waals surface area contributed by atoms with Gasteiger partial charge in [0.05, 0.1) is 27.1 Å². The second-order valence-electron chi connectivity index (χ2n) is 8.29. The van der Waals surface area contributed by atoms with E-state index in [2.05, 4.69) is 21.2 Å². The molecule has 0 saturated heterocycles. The summed E-state index contributed by atoms with van der Waals surface area (Å²) in [5.74, 6) is -0.300. The van der Waals surface area contributed by atoms with Crippen LogP contribution in [-0.2, 0) is 20.9 Å². The summed E-state index contributed by atoms with van der Waals surface area (Å²) in [6.45, 7) is 2.09. The van der Waals surface area contributed by atoms with Crippen molar-refractivity contribution in [3.63, 3.8) is 0 Å². The van der Waals surface area contributed by atoms with E-state index in [0.717, 1.165) is 5.56 Å². The smallest absolute Gasteiger partial charge is 0.329 e. The number of carbonyl (C=O) groups is 3. The molecular weight excluding hydrogens is 690 g/mol. The van der Waals surface area contributed by atoms with Gasteiger partial charge in [-0.1, -0.05) is 29.3 Å².